The smallest absolute Gasteiger partial charge is 0.261 e. The lowest BCUT2D eigenvalue weighted by Gasteiger charge is -2.18. The minimum Gasteiger partial charge on any atom is -0.309 e. The van der Waals surface area contributed by atoms with Gasteiger partial charge < -0.3 is 9.72 Å². The highest BCUT2D eigenvalue weighted by atomic mass is 16.2. The number of nitrogens with zero attached hydrogens (tertiary/aromatic N) is 3. The summed E-state index contributed by atoms with van der Waals surface area (Å²) >= 11 is 0. The zero-order chi connectivity index (χ0) is 18.1. The number of benzene rings is 1. The summed E-state index contributed by atoms with van der Waals surface area (Å²) in [7, 11) is 0. The van der Waals surface area contributed by atoms with Crippen molar-refractivity contribution >= 4 is 17.5 Å². The molecule has 2 amide bonds. The summed E-state index contributed by atoms with van der Waals surface area (Å²) in [5.41, 5.74) is 2.89. The Morgan fingerprint density at radius 2 is 1.73 bits per heavy atom. The molecule has 0 fully saturated rings. The Hall–Kier alpha value is -2.99. The molecule has 6 heteroatoms. The lowest BCUT2D eigenvalue weighted by atomic mass is 10.1. The molecule has 1 aromatic carbocycles. The number of pyridine rings is 1. The van der Waals surface area contributed by atoms with Crippen LogP contribution in [0.3, 0.4) is 0 Å². The molecule has 1 aliphatic rings. The van der Waals surface area contributed by atoms with Crippen molar-refractivity contribution < 1.29 is 9.59 Å². The van der Waals surface area contributed by atoms with Crippen LogP contribution in [0, 0.1) is 0 Å². The standard InChI is InChI=1S/C20H20N4O2/c1-14(21-12-15-13-23-10-5-4-8-18(23)22-15)9-11-24-19(25)16-6-2-3-7-17(16)20(24)26/h2-8,10,13-14,21H,9,11-12H2,1H3/t14-/m1/s1. The van der Waals surface area contributed by atoms with Crippen LogP contribution in [0.15, 0.2) is 54.9 Å². The van der Waals surface area contributed by atoms with E-state index in [1.807, 2.05) is 41.9 Å². The Balaban J connectivity index is 1.32. The first kappa shape index (κ1) is 16.5. The van der Waals surface area contributed by atoms with Crippen molar-refractivity contribution in [2.75, 3.05) is 6.54 Å². The van der Waals surface area contributed by atoms with E-state index in [1.165, 1.54) is 4.90 Å². The lowest BCUT2D eigenvalue weighted by molar-refractivity contribution is 0.0649. The van der Waals surface area contributed by atoms with Gasteiger partial charge in [0.05, 0.1) is 16.8 Å². The molecule has 0 bridgehead atoms. The second kappa shape index (κ2) is 6.72. The molecule has 6 nitrogen and oxygen atoms in total. The summed E-state index contributed by atoms with van der Waals surface area (Å²) in [5, 5.41) is 3.41. The first-order valence-electron chi connectivity index (χ1n) is 8.74. The second-order valence-corrected chi connectivity index (χ2v) is 6.58. The van der Waals surface area contributed by atoms with Gasteiger partial charge in [0.25, 0.3) is 11.8 Å². The van der Waals surface area contributed by atoms with E-state index in [-0.39, 0.29) is 17.9 Å². The van der Waals surface area contributed by atoms with Crippen molar-refractivity contribution in [2.45, 2.75) is 25.9 Å². The average Bonchev–Trinajstić information content (AvgIpc) is 3.18. The zero-order valence-electron chi connectivity index (χ0n) is 14.6. The van der Waals surface area contributed by atoms with Crippen molar-refractivity contribution in [2.24, 2.45) is 0 Å². The lowest BCUT2D eigenvalue weighted by Crippen LogP contribution is -2.35. The summed E-state index contributed by atoms with van der Waals surface area (Å²) in [6.45, 7) is 3.10. The molecule has 0 saturated carbocycles. The summed E-state index contributed by atoms with van der Waals surface area (Å²) in [4.78, 5) is 30.6. The minimum absolute atomic E-state index is 0.157. The van der Waals surface area contributed by atoms with Gasteiger partial charge in [0.15, 0.2) is 0 Å². The fourth-order valence-electron chi connectivity index (χ4n) is 3.22. The van der Waals surface area contributed by atoms with Crippen LogP contribution in [-0.2, 0) is 6.54 Å². The minimum atomic E-state index is -0.196. The predicted octanol–water partition coefficient (Wildman–Crippen LogP) is 2.50. The molecule has 2 aromatic heterocycles. The average molecular weight is 348 g/mol. The van der Waals surface area contributed by atoms with E-state index in [0.29, 0.717) is 30.6 Å². The van der Waals surface area contributed by atoms with E-state index in [0.717, 1.165) is 11.3 Å². The molecule has 1 atom stereocenters. The third kappa shape index (κ3) is 2.99. The maximum Gasteiger partial charge on any atom is 0.261 e. The van der Waals surface area contributed by atoms with Crippen LogP contribution in [0.25, 0.3) is 5.65 Å². The summed E-state index contributed by atoms with van der Waals surface area (Å²) < 4.78 is 1.99. The van der Waals surface area contributed by atoms with E-state index >= 15 is 0 Å². The molecule has 4 rings (SSSR count). The third-order valence-electron chi connectivity index (χ3n) is 4.71. The number of imidazole rings is 1. The fourth-order valence-corrected chi connectivity index (χ4v) is 3.22. The van der Waals surface area contributed by atoms with Crippen LogP contribution >= 0.6 is 0 Å². The molecule has 0 saturated heterocycles. The van der Waals surface area contributed by atoms with Crippen molar-refractivity contribution in [3.63, 3.8) is 0 Å². The third-order valence-corrected chi connectivity index (χ3v) is 4.71. The van der Waals surface area contributed by atoms with Crippen LogP contribution < -0.4 is 5.32 Å². The molecule has 1 N–H and O–H groups in total. The van der Waals surface area contributed by atoms with Gasteiger partial charge in [0.1, 0.15) is 5.65 Å². The van der Waals surface area contributed by atoms with Gasteiger partial charge in [-0.2, -0.15) is 0 Å². The molecular weight excluding hydrogens is 328 g/mol. The number of fused-ring (bicyclic) bond motifs is 2. The highest BCUT2D eigenvalue weighted by Gasteiger charge is 2.34. The molecule has 1 aliphatic heterocycles. The number of carbonyl (C=O) groups is 2. The van der Waals surface area contributed by atoms with Gasteiger partial charge in [-0.1, -0.05) is 18.2 Å². The Morgan fingerprint density at radius 3 is 2.42 bits per heavy atom. The maximum absolute atomic E-state index is 12.4. The predicted molar refractivity (Wildman–Crippen MR) is 97.9 cm³/mol. The Kier molecular flexibility index (Phi) is 4.26. The van der Waals surface area contributed by atoms with Crippen molar-refractivity contribution in [3.05, 3.63) is 71.7 Å². The molecule has 26 heavy (non-hydrogen) atoms. The summed E-state index contributed by atoms with van der Waals surface area (Å²) in [6, 6.07) is 13.0. The highest BCUT2D eigenvalue weighted by molar-refractivity contribution is 6.21. The summed E-state index contributed by atoms with van der Waals surface area (Å²) in [6.07, 6.45) is 4.66. The van der Waals surface area contributed by atoms with Gasteiger partial charge in [-0.3, -0.25) is 14.5 Å². The van der Waals surface area contributed by atoms with Crippen molar-refractivity contribution in [1.82, 2.24) is 19.6 Å². The highest BCUT2D eigenvalue weighted by Crippen LogP contribution is 2.22. The topological polar surface area (TPSA) is 66.7 Å². The van der Waals surface area contributed by atoms with Gasteiger partial charge in [0.2, 0.25) is 0 Å². The van der Waals surface area contributed by atoms with Gasteiger partial charge in [0, 0.05) is 31.5 Å². The molecule has 0 unspecified atom stereocenters. The maximum atomic E-state index is 12.4. The van der Waals surface area contributed by atoms with Gasteiger partial charge in [-0.25, -0.2) is 4.98 Å². The number of carbonyl (C=O) groups excluding carboxylic acids is 2. The van der Waals surface area contributed by atoms with Crippen LogP contribution in [0.5, 0.6) is 0 Å². The SMILES string of the molecule is C[C@H](CCN1C(=O)c2ccccc2C1=O)NCc1cn2ccccc2n1. The number of rotatable bonds is 6. The number of amides is 2. The molecule has 0 radical (unpaired) electrons. The van der Waals surface area contributed by atoms with E-state index in [9.17, 15) is 9.59 Å². The van der Waals surface area contributed by atoms with Crippen LogP contribution in [0.2, 0.25) is 0 Å². The first-order valence-corrected chi connectivity index (χ1v) is 8.74. The normalized spacial score (nSPS) is 14.9. The van der Waals surface area contributed by atoms with Crippen LogP contribution in [-0.4, -0.2) is 38.7 Å². The number of nitrogens with one attached hydrogen (secondary N) is 1. The van der Waals surface area contributed by atoms with Gasteiger partial charge in [-0.05, 0) is 37.6 Å². The number of hydrogen-bond donors (Lipinski definition) is 1. The first-order chi connectivity index (χ1) is 12.6. The molecule has 132 valence electrons. The molecule has 0 aliphatic carbocycles. The van der Waals surface area contributed by atoms with E-state index < -0.39 is 0 Å². The van der Waals surface area contributed by atoms with Crippen LogP contribution in [0.1, 0.15) is 39.8 Å². The molecule has 3 heterocycles. The van der Waals surface area contributed by atoms with E-state index in [1.54, 1.807) is 24.3 Å². The van der Waals surface area contributed by atoms with Crippen LogP contribution in [0.4, 0.5) is 0 Å². The quantitative estimate of drug-likeness (QED) is 0.695. The monoisotopic (exact) mass is 348 g/mol. The Labute approximate surface area is 151 Å². The van der Waals surface area contributed by atoms with Gasteiger partial charge >= 0.3 is 0 Å². The Bertz CT molecular complexity index is 911. The van der Waals surface area contributed by atoms with E-state index in [4.69, 9.17) is 0 Å². The Morgan fingerprint density at radius 1 is 1.04 bits per heavy atom. The largest absolute Gasteiger partial charge is 0.309 e. The molecule has 3 aromatic rings. The second-order valence-electron chi connectivity index (χ2n) is 6.58. The molecular formula is C20H20N4O2. The number of aromatic nitrogens is 2. The summed E-state index contributed by atoms with van der Waals surface area (Å²) in [5.74, 6) is -0.392. The fraction of sp³-hybridized carbons (Fsp3) is 0.250. The van der Waals surface area contributed by atoms with E-state index in [2.05, 4.69) is 10.3 Å². The van der Waals surface area contributed by atoms with Crippen molar-refractivity contribution in [3.8, 4) is 0 Å². The number of hydrogen-bond acceptors (Lipinski definition) is 4. The number of imide groups is 1. The van der Waals surface area contributed by atoms with Gasteiger partial charge in [-0.15, -0.1) is 0 Å². The molecule has 0 spiro atoms. The zero-order valence-corrected chi connectivity index (χ0v) is 14.6. The van der Waals surface area contributed by atoms with Crippen molar-refractivity contribution in [1.29, 1.82) is 0 Å².